The highest BCUT2D eigenvalue weighted by Crippen LogP contribution is 2.46. The summed E-state index contributed by atoms with van der Waals surface area (Å²) in [7, 11) is 0. The standard InChI is InChI=1S/C25H30N4O3/c1-17-13-24(2,3)16-25(14-17)22(31)29(23(32)28-25)15-20(30)27-21(18-7-5-4-6-8-18)19-9-11-26-12-10-19/h4-12,17,21H,13-16H2,1-3H3,(H,27,30)(H,28,32). The van der Waals surface area contributed by atoms with Gasteiger partial charge >= 0.3 is 6.03 Å². The molecule has 2 aliphatic rings. The number of carbonyl (C=O) groups is 3. The maximum atomic E-state index is 13.3. The van der Waals surface area contributed by atoms with E-state index < -0.39 is 17.6 Å². The summed E-state index contributed by atoms with van der Waals surface area (Å²) in [6, 6.07) is 12.4. The Hall–Kier alpha value is -3.22. The lowest BCUT2D eigenvalue weighted by Gasteiger charge is -2.43. The molecule has 0 bridgehead atoms. The minimum absolute atomic E-state index is 0.0569. The summed E-state index contributed by atoms with van der Waals surface area (Å²) in [5.74, 6) is -0.372. The fourth-order valence-corrected chi connectivity index (χ4v) is 5.56. The van der Waals surface area contributed by atoms with Gasteiger partial charge in [0.2, 0.25) is 5.91 Å². The first kappa shape index (κ1) is 22.0. The predicted molar refractivity (Wildman–Crippen MR) is 120 cm³/mol. The quantitative estimate of drug-likeness (QED) is 0.706. The van der Waals surface area contributed by atoms with Gasteiger partial charge in [-0.1, -0.05) is 51.1 Å². The largest absolute Gasteiger partial charge is 0.344 e. The molecule has 1 aromatic heterocycles. The summed E-state index contributed by atoms with van der Waals surface area (Å²) in [5.41, 5.74) is 0.806. The van der Waals surface area contributed by atoms with Gasteiger partial charge in [0.25, 0.3) is 5.91 Å². The van der Waals surface area contributed by atoms with Crippen LogP contribution >= 0.6 is 0 Å². The summed E-state index contributed by atoms with van der Waals surface area (Å²) in [6.45, 7) is 6.04. The number of benzene rings is 1. The molecule has 1 saturated heterocycles. The fraction of sp³-hybridized carbons (Fsp3) is 0.440. The minimum Gasteiger partial charge on any atom is -0.344 e. The molecule has 32 heavy (non-hydrogen) atoms. The van der Waals surface area contributed by atoms with Crippen LogP contribution in [-0.4, -0.2) is 39.8 Å². The van der Waals surface area contributed by atoms with Crippen molar-refractivity contribution >= 4 is 17.8 Å². The fourth-order valence-electron chi connectivity index (χ4n) is 5.56. The minimum atomic E-state index is -0.914. The van der Waals surface area contributed by atoms with Crippen molar-refractivity contribution in [1.29, 1.82) is 0 Å². The zero-order valence-corrected chi connectivity index (χ0v) is 18.8. The zero-order chi connectivity index (χ0) is 22.9. The van der Waals surface area contributed by atoms with Crippen LogP contribution in [0.4, 0.5) is 4.79 Å². The van der Waals surface area contributed by atoms with E-state index in [1.807, 2.05) is 42.5 Å². The van der Waals surface area contributed by atoms with E-state index in [2.05, 4.69) is 36.4 Å². The molecule has 4 rings (SSSR count). The van der Waals surface area contributed by atoms with Crippen molar-refractivity contribution in [3.8, 4) is 0 Å². The van der Waals surface area contributed by atoms with Gasteiger partial charge in [-0.25, -0.2) is 4.79 Å². The summed E-state index contributed by atoms with van der Waals surface area (Å²) in [5, 5.41) is 5.92. The Morgan fingerprint density at radius 2 is 1.78 bits per heavy atom. The molecule has 3 atom stereocenters. The molecular weight excluding hydrogens is 404 g/mol. The van der Waals surface area contributed by atoms with Crippen molar-refractivity contribution in [3.63, 3.8) is 0 Å². The second-order valence-electron chi connectivity index (χ2n) is 9.95. The SMILES string of the molecule is CC1CC(C)(C)CC2(C1)NC(=O)N(CC(=O)NC(c1ccccc1)c1ccncc1)C2=O. The summed E-state index contributed by atoms with van der Waals surface area (Å²) in [4.78, 5) is 44.2. The monoisotopic (exact) mass is 434 g/mol. The number of imide groups is 1. The molecule has 1 saturated carbocycles. The van der Waals surface area contributed by atoms with Crippen molar-refractivity contribution in [1.82, 2.24) is 20.5 Å². The van der Waals surface area contributed by atoms with E-state index in [0.717, 1.165) is 22.4 Å². The van der Waals surface area contributed by atoms with Gasteiger partial charge in [0.05, 0.1) is 6.04 Å². The second-order valence-corrected chi connectivity index (χ2v) is 9.95. The number of hydrogen-bond donors (Lipinski definition) is 2. The molecule has 2 heterocycles. The first-order valence-electron chi connectivity index (χ1n) is 11.1. The molecule has 2 fully saturated rings. The lowest BCUT2D eigenvalue weighted by Crippen LogP contribution is -2.54. The van der Waals surface area contributed by atoms with E-state index in [0.29, 0.717) is 18.8 Å². The second kappa shape index (κ2) is 8.37. The Morgan fingerprint density at radius 3 is 2.44 bits per heavy atom. The molecular formula is C25H30N4O3. The van der Waals surface area contributed by atoms with E-state index in [1.165, 1.54) is 0 Å². The normalized spacial score (nSPS) is 25.5. The first-order chi connectivity index (χ1) is 15.2. The zero-order valence-electron chi connectivity index (χ0n) is 18.8. The van der Waals surface area contributed by atoms with E-state index in [9.17, 15) is 14.4 Å². The number of aromatic nitrogens is 1. The van der Waals surface area contributed by atoms with Crippen LogP contribution in [0.1, 0.15) is 57.2 Å². The summed E-state index contributed by atoms with van der Waals surface area (Å²) < 4.78 is 0. The highest BCUT2D eigenvalue weighted by molar-refractivity contribution is 6.09. The molecule has 1 spiro atoms. The van der Waals surface area contributed by atoms with Gasteiger partial charge in [-0.15, -0.1) is 0 Å². The van der Waals surface area contributed by atoms with Crippen molar-refractivity contribution < 1.29 is 14.4 Å². The number of carbonyl (C=O) groups excluding carboxylic acids is 3. The molecule has 4 amide bonds. The summed E-state index contributed by atoms with van der Waals surface area (Å²) >= 11 is 0. The number of nitrogens with zero attached hydrogens (tertiary/aromatic N) is 2. The van der Waals surface area contributed by atoms with Crippen LogP contribution in [0.25, 0.3) is 0 Å². The van der Waals surface area contributed by atoms with Gasteiger partial charge in [0.15, 0.2) is 0 Å². The maximum absolute atomic E-state index is 13.3. The van der Waals surface area contributed by atoms with Crippen LogP contribution in [-0.2, 0) is 9.59 Å². The van der Waals surface area contributed by atoms with E-state index >= 15 is 0 Å². The number of pyridine rings is 1. The molecule has 1 aromatic carbocycles. The van der Waals surface area contributed by atoms with Crippen molar-refractivity contribution in [2.75, 3.05) is 6.54 Å². The van der Waals surface area contributed by atoms with Crippen molar-refractivity contribution in [2.45, 2.75) is 51.6 Å². The molecule has 1 aliphatic carbocycles. The lowest BCUT2D eigenvalue weighted by molar-refractivity contribution is -0.137. The van der Waals surface area contributed by atoms with E-state index in [4.69, 9.17) is 0 Å². The number of rotatable bonds is 5. The third kappa shape index (κ3) is 4.38. The maximum Gasteiger partial charge on any atom is 0.325 e. The molecule has 2 aromatic rings. The smallest absolute Gasteiger partial charge is 0.325 e. The molecule has 7 nitrogen and oxygen atoms in total. The third-order valence-corrected chi connectivity index (χ3v) is 6.40. The highest BCUT2D eigenvalue weighted by Gasteiger charge is 2.56. The Labute approximate surface area is 188 Å². The Kier molecular flexibility index (Phi) is 5.75. The van der Waals surface area contributed by atoms with Gasteiger partial charge in [-0.2, -0.15) is 0 Å². The molecule has 3 unspecified atom stereocenters. The van der Waals surface area contributed by atoms with Crippen molar-refractivity contribution in [3.05, 3.63) is 66.0 Å². The van der Waals surface area contributed by atoms with Gasteiger partial charge in [0.1, 0.15) is 12.1 Å². The van der Waals surface area contributed by atoms with E-state index in [-0.39, 0.29) is 23.8 Å². The average Bonchev–Trinajstić information content (AvgIpc) is 2.95. The molecule has 0 radical (unpaired) electrons. The third-order valence-electron chi connectivity index (χ3n) is 6.40. The van der Waals surface area contributed by atoms with Crippen LogP contribution in [0.15, 0.2) is 54.9 Å². The molecule has 168 valence electrons. The Bertz CT molecular complexity index is 969. The first-order valence-corrected chi connectivity index (χ1v) is 11.1. The van der Waals surface area contributed by atoms with Crippen LogP contribution in [0.2, 0.25) is 0 Å². The number of nitrogens with one attached hydrogen (secondary N) is 2. The van der Waals surface area contributed by atoms with Gasteiger partial charge in [0, 0.05) is 12.4 Å². The molecule has 1 aliphatic heterocycles. The van der Waals surface area contributed by atoms with Crippen LogP contribution in [0.5, 0.6) is 0 Å². The number of urea groups is 1. The van der Waals surface area contributed by atoms with Gasteiger partial charge in [-0.05, 0) is 53.9 Å². The van der Waals surface area contributed by atoms with Gasteiger partial charge in [-0.3, -0.25) is 19.5 Å². The van der Waals surface area contributed by atoms with Crippen molar-refractivity contribution in [2.24, 2.45) is 11.3 Å². The molecule has 7 heteroatoms. The Balaban J connectivity index is 1.52. The number of hydrogen-bond acceptors (Lipinski definition) is 4. The van der Waals surface area contributed by atoms with Crippen LogP contribution < -0.4 is 10.6 Å². The Morgan fingerprint density at radius 1 is 1.12 bits per heavy atom. The van der Waals surface area contributed by atoms with Crippen LogP contribution in [0.3, 0.4) is 0 Å². The van der Waals surface area contributed by atoms with E-state index in [1.54, 1.807) is 12.4 Å². The average molecular weight is 435 g/mol. The molecule has 2 N–H and O–H groups in total. The highest BCUT2D eigenvalue weighted by atomic mass is 16.2. The lowest BCUT2D eigenvalue weighted by atomic mass is 9.64. The van der Waals surface area contributed by atoms with Crippen LogP contribution in [0, 0.1) is 11.3 Å². The van der Waals surface area contributed by atoms with Gasteiger partial charge < -0.3 is 10.6 Å². The topological polar surface area (TPSA) is 91.4 Å². The summed E-state index contributed by atoms with van der Waals surface area (Å²) in [6.07, 6.45) is 5.53. The predicted octanol–water partition coefficient (Wildman–Crippen LogP) is 3.42. The number of amides is 4.